The van der Waals surface area contributed by atoms with Crippen molar-refractivity contribution in [3.05, 3.63) is 81.2 Å². The summed E-state index contributed by atoms with van der Waals surface area (Å²) in [4.78, 5) is 27.5. The average Bonchev–Trinajstić information content (AvgIpc) is 3.15. The Balaban J connectivity index is 1.47. The fraction of sp³-hybridized carbons (Fsp3) is 0.148. The number of thiocarbonyl (C=S) groups is 1. The summed E-state index contributed by atoms with van der Waals surface area (Å²) < 4.78 is 17.0. The Morgan fingerprint density at radius 1 is 1.03 bits per heavy atom. The molecule has 0 spiro atoms. The highest BCUT2D eigenvalue weighted by atomic mass is 35.5. The van der Waals surface area contributed by atoms with Crippen molar-refractivity contribution in [3.8, 4) is 17.2 Å². The summed E-state index contributed by atoms with van der Waals surface area (Å²) in [6, 6.07) is 17.1. The molecule has 11 heteroatoms. The Bertz CT molecular complexity index is 1390. The molecule has 0 unspecified atom stereocenters. The predicted octanol–water partition coefficient (Wildman–Crippen LogP) is 6.82. The molecule has 3 aromatic carbocycles. The lowest BCUT2D eigenvalue weighted by atomic mass is 10.1. The summed E-state index contributed by atoms with van der Waals surface area (Å²) >= 11 is 18.6. The van der Waals surface area contributed by atoms with Gasteiger partial charge in [-0.15, -0.1) is 0 Å². The minimum Gasteiger partial charge on any atom is -0.497 e. The number of thioether (sulfide) groups is 1. The van der Waals surface area contributed by atoms with Crippen LogP contribution >= 0.6 is 47.2 Å². The van der Waals surface area contributed by atoms with E-state index in [1.165, 1.54) is 16.7 Å². The maximum atomic E-state index is 13.1. The number of benzene rings is 3. The molecule has 1 heterocycles. The van der Waals surface area contributed by atoms with E-state index in [2.05, 4.69) is 5.32 Å². The van der Waals surface area contributed by atoms with Gasteiger partial charge in [-0.05, 0) is 73.2 Å². The quantitative estimate of drug-likeness (QED) is 0.217. The monoisotopic (exact) mass is 588 g/mol. The Kier molecular flexibility index (Phi) is 9.17. The molecule has 4 rings (SSSR count). The van der Waals surface area contributed by atoms with Crippen molar-refractivity contribution in [2.24, 2.45) is 0 Å². The highest BCUT2D eigenvalue weighted by Crippen LogP contribution is 2.37. The van der Waals surface area contributed by atoms with Gasteiger partial charge in [0.1, 0.15) is 5.75 Å². The van der Waals surface area contributed by atoms with Gasteiger partial charge in [-0.3, -0.25) is 14.5 Å². The summed E-state index contributed by atoms with van der Waals surface area (Å²) in [6.45, 7) is 1.96. The van der Waals surface area contributed by atoms with E-state index in [-0.39, 0.29) is 12.5 Å². The average molecular weight is 590 g/mol. The van der Waals surface area contributed by atoms with E-state index in [0.29, 0.717) is 60.1 Å². The zero-order valence-electron chi connectivity index (χ0n) is 20.3. The normalized spacial score (nSPS) is 14.1. The van der Waals surface area contributed by atoms with Crippen LogP contribution in [0.5, 0.6) is 17.2 Å². The Labute approximate surface area is 239 Å². The van der Waals surface area contributed by atoms with Crippen molar-refractivity contribution >= 4 is 80.8 Å². The third-order valence-corrected chi connectivity index (χ3v) is 6.93. The molecule has 0 atom stereocenters. The maximum absolute atomic E-state index is 13.1. The highest BCUT2D eigenvalue weighted by Gasteiger charge is 2.33. The third kappa shape index (κ3) is 6.79. The van der Waals surface area contributed by atoms with Gasteiger partial charge in [-0.25, -0.2) is 0 Å². The minimum atomic E-state index is -0.392. The van der Waals surface area contributed by atoms with Gasteiger partial charge in [0.15, 0.2) is 22.4 Å². The topological polar surface area (TPSA) is 77.1 Å². The lowest BCUT2D eigenvalue weighted by molar-refractivity contribution is -0.118. The van der Waals surface area contributed by atoms with Crippen LogP contribution < -0.4 is 24.4 Å². The Morgan fingerprint density at radius 2 is 1.74 bits per heavy atom. The van der Waals surface area contributed by atoms with Crippen LogP contribution in [0.4, 0.5) is 11.4 Å². The number of rotatable bonds is 9. The first kappa shape index (κ1) is 27.8. The smallest absolute Gasteiger partial charge is 0.270 e. The number of nitrogens with one attached hydrogen (secondary N) is 1. The van der Waals surface area contributed by atoms with Gasteiger partial charge in [-0.2, -0.15) is 0 Å². The van der Waals surface area contributed by atoms with Gasteiger partial charge in [-0.1, -0.05) is 53.2 Å². The van der Waals surface area contributed by atoms with Gasteiger partial charge < -0.3 is 19.5 Å². The first-order valence-corrected chi connectivity index (χ1v) is 13.3. The number of hydrogen-bond donors (Lipinski definition) is 1. The molecule has 196 valence electrons. The summed E-state index contributed by atoms with van der Waals surface area (Å²) in [5.41, 5.74) is 1.84. The van der Waals surface area contributed by atoms with E-state index < -0.39 is 5.91 Å². The molecule has 1 N–H and O–H groups in total. The summed E-state index contributed by atoms with van der Waals surface area (Å²) in [5, 5.41) is 3.50. The third-order valence-electron chi connectivity index (χ3n) is 5.19. The molecule has 1 aliphatic heterocycles. The zero-order chi connectivity index (χ0) is 27.2. The van der Waals surface area contributed by atoms with Crippen molar-refractivity contribution in [3.63, 3.8) is 0 Å². The van der Waals surface area contributed by atoms with Gasteiger partial charge in [0.05, 0.1) is 24.3 Å². The van der Waals surface area contributed by atoms with E-state index in [4.69, 9.17) is 49.6 Å². The Morgan fingerprint density at radius 3 is 2.39 bits per heavy atom. The molecule has 1 aliphatic rings. The van der Waals surface area contributed by atoms with Crippen LogP contribution in [-0.4, -0.2) is 36.5 Å². The molecule has 0 saturated carbocycles. The number of methoxy groups -OCH3 is 1. The molecule has 2 amide bonds. The molecule has 0 aliphatic carbocycles. The lowest BCUT2D eigenvalue weighted by Gasteiger charge is -2.15. The summed E-state index contributed by atoms with van der Waals surface area (Å²) in [7, 11) is 1.58. The molecule has 0 bridgehead atoms. The van der Waals surface area contributed by atoms with E-state index >= 15 is 0 Å². The number of halogens is 2. The second kappa shape index (κ2) is 12.5. The summed E-state index contributed by atoms with van der Waals surface area (Å²) in [6.07, 6.45) is 1.74. The molecular formula is C27H22Cl2N2O5S2. The standard InChI is InChI=1S/C27H22Cl2N2O5S2/c1-3-35-23-10-16(4-9-22(23)36-15-25(32)30-19-13-17(28)12-18(29)14-19)11-24-26(33)31(27(37)38-24)20-5-7-21(34-2)8-6-20/h4-14H,3,15H2,1-2H3,(H,30,32)/b24-11-. The number of nitrogens with zero attached hydrogens (tertiary/aromatic N) is 1. The van der Waals surface area contributed by atoms with Crippen LogP contribution in [0.25, 0.3) is 6.08 Å². The number of anilines is 2. The second-order valence-corrected chi connectivity index (χ2v) is 10.4. The van der Waals surface area contributed by atoms with E-state index in [0.717, 1.165) is 0 Å². The van der Waals surface area contributed by atoms with Gasteiger partial charge in [0, 0.05) is 15.7 Å². The summed E-state index contributed by atoms with van der Waals surface area (Å²) in [5.74, 6) is 0.893. The van der Waals surface area contributed by atoms with Crippen LogP contribution in [0.1, 0.15) is 12.5 Å². The first-order chi connectivity index (χ1) is 18.3. The number of ether oxygens (including phenoxy) is 3. The molecule has 1 saturated heterocycles. The van der Waals surface area contributed by atoms with E-state index in [1.807, 2.05) is 6.92 Å². The van der Waals surface area contributed by atoms with Crippen LogP contribution in [0.2, 0.25) is 10.0 Å². The molecule has 1 fully saturated rings. The van der Waals surface area contributed by atoms with Crippen molar-refractivity contribution in [1.82, 2.24) is 0 Å². The van der Waals surface area contributed by atoms with Gasteiger partial charge >= 0.3 is 0 Å². The molecule has 3 aromatic rings. The van der Waals surface area contributed by atoms with Crippen molar-refractivity contribution in [2.45, 2.75) is 6.92 Å². The van der Waals surface area contributed by atoms with Crippen molar-refractivity contribution in [2.75, 3.05) is 30.5 Å². The Hall–Kier alpha value is -3.24. The fourth-order valence-corrected chi connectivity index (χ4v) is 5.37. The van der Waals surface area contributed by atoms with Crippen LogP contribution in [0, 0.1) is 0 Å². The number of amides is 2. The molecule has 0 radical (unpaired) electrons. The van der Waals surface area contributed by atoms with Gasteiger partial charge in [0.2, 0.25) is 0 Å². The van der Waals surface area contributed by atoms with E-state index in [9.17, 15) is 9.59 Å². The second-order valence-electron chi connectivity index (χ2n) is 7.85. The van der Waals surface area contributed by atoms with Crippen molar-refractivity contribution < 1.29 is 23.8 Å². The lowest BCUT2D eigenvalue weighted by Crippen LogP contribution is -2.27. The molecule has 0 aromatic heterocycles. The number of carbonyl (C=O) groups is 2. The van der Waals surface area contributed by atoms with Crippen LogP contribution in [-0.2, 0) is 9.59 Å². The predicted molar refractivity (Wildman–Crippen MR) is 157 cm³/mol. The highest BCUT2D eigenvalue weighted by molar-refractivity contribution is 8.27. The van der Waals surface area contributed by atoms with Crippen molar-refractivity contribution in [1.29, 1.82) is 0 Å². The first-order valence-electron chi connectivity index (χ1n) is 11.3. The number of carbonyl (C=O) groups excluding carboxylic acids is 2. The van der Waals surface area contributed by atoms with Gasteiger partial charge in [0.25, 0.3) is 11.8 Å². The maximum Gasteiger partial charge on any atom is 0.270 e. The molecular weight excluding hydrogens is 567 g/mol. The zero-order valence-corrected chi connectivity index (χ0v) is 23.5. The largest absolute Gasteiger partial charge is 0.497 e. The van der Waals surface area contributed by atoms with Crippen LogP contribution in [0.3, 0.4) is 0 Å². The molecule has 7 nitrogen and oxygen atoms in total. The number of hydrogen-bond acceptors (Lipinski definition) is 7. The molecule has 38 heavy (non-hydrogen) atoms. The van der Waals surface area contributed by atoms with Crippen LogP contribution in [0.15, 0.2) is 65.6 Å². The van der Waals surface area contributed by atoms with E-state index in [1.54, 1.807) is 73.8 Å². The fourth-order valence-electron chi connectivity index (χ4n) is 3.54. The SMILES string of the molecule is CCOc1cc(/C=C2\SC(=S)N(c3ccc(OC)cc3)C2=O)ccc1OCC(=O)Nc1cc(Cl)cc(Cl)c1. The minimum absolute atomic E-state index is 0.221.